The van der Waals surface area contributed by atoms with Crippen LogP contribution in [0.1, 0.15) is 22.7 Å². The second-order valence-electron chi connectivity index (χ2n) is 6.59. The van der Waals surface area contributed by atoms with Crippen LogP contribution in [-0.4, -0.2) is 26.7 Å². The van der Waals surface area contributed by atoms with Crippen LogP contribution >= 0.6 is 0 Å². The summed E-state index contributed by atoms with van der Waals surface area (Å²) in [5, 5.41) is 15.0. The van der Waals surface area contributed by atoms with E-state index in [-0.39, 0.29) is 18.5 Å². The molecular weight excluding hydrogens is 378 g/mol. The predicted octanol–water partition coefficient (Wildman–Crippen LogP) is 3.89. The molecule has 3 rings (SSSR count). The van der Waals surface area contributed by atoms with E-state index >= 15 is 0 Å². The summed E-state index contributed by atoms with van der Waals surface area (Å²) >= 11 is 0. The first-order valence-electron chi connectivity index (χ1n) is 9.44. The molecule has 0 unspecified atom stereocenters. The topological polar surface area (TPSA) is 83.4 Å². The molecule has 0 bridgehead atoms. The third-order valence-electron chi connectivity index (χ3n) is 4.67. The van der Waals surface area contributed by atoms with Crippen molar-refractivity contribution in [2.75, 3.05) is 26.1 Å². The molecule has 1 amide bonds. The van der Waals surface area contributed by atoms with Gasteiger partial charge in [0.05, 0.1) is 38.4 Å². The van der Waals surface area contributed by atoms with E-state index in [1.165, 1.54) is 0 Å². The number of nitrogens with one attached hydrogen (secondary N) is 2. The number of ether oxygens (including phenoxy) is 2. The Morgan fingerprint density at radius 1 is 0.867 bits per heavy atom. The van der Waals surface area contributed by atoms with E-state index in [0.717, 1.165) is 28.3 Å². The van der Waals surface area contributed by atoms with Crippen LogP contribution in [0.5, 0.6) is 11.5 Å². The first-order valence-corrected chi connectivity index (χ1v) is 9.44. The zero-order valence-electron chi connectivity index (χ0n) is 16.9. The maximum Gasteiger partial charge on any atom is 0.240 e. The minimum atomic E-state index is -0.322. The maximum atomic E-state index is 12.7. The van der Waals surface area contributed by atoms with E-state index in [2.05, 4.69) is 16.7 Å². The summed E-state index contributed by atoms with van der Waals surface area (Å²) in [5.74, 6) is 1.35. The van der Waals surface area contributed by atoms with Gasteiger partial charge >= 0.3 is 0 Å². The van der Waals surface area contributed by atoms with Gasteiger partial charge in [0.25, 0.3) is 0 Å². The van der Waals surface area contributed by atoms with E-state index in [1.807, 2.05) is 48.5 Å². The van der Waals surface area contributed by atoms with Crippen LogP contribution in [0.4, 0.5) is 5.69 Å². The van der Waals surface area contributed by atoms with Crippen molar-refractivity contribution in [3.63, 3.8) is 0 Å². The molecule has 152 valence electrons. The van der Waals surface area contributed by atoms with Crippen molar-refractivity contribution < 1.29 is 14.3 Å². The third kappa shape index (κ3) is 5.30. The first-order chi connectivity index (χ1) is 14.6. The molecular formula is C24H23N3O3. The van der Waals surface area contributed by atoms with Gasteiger partial charge in [-0.25, -0.2) is 0 Å². The lowest BCUT2D eigenvalue weighted by Gasteiger charge is -2.21. The molecule has 3 aromatic rings. The minimum absolute atomic E-state index is 0.106. The van der Waals surface area contributed by atoms with Gasteiger partial charge in [-0.1, -0.05) is 24.3 Å². The summed E-state index contributed by atoms with van der Waals surface area (Å²) in [6, 6.07) is 23.9. The van der Waals surface area contributed by atoms with Crippen LogP contribution < -0.4 is 20.1 Å². The van der Waals surface area contributed by atoms with Gasteiger partial charge in [-0.05, 0) is 59.7 Å². The average molecular weight is 401 g/mol. The minimum Gasteiger partial charge on any atom is -0.497 e. The molecule has 30 heavy (non-hydrogen) atoms. The molecule has 0 aromatic heterocycles. The van der Waals surface area contributed by atoms with E-state index in [1.54, 1.807) is 38.5 Å². The Morgan fingerprint density at radius 2 is 1.37 bits per heavy atom. The first kappa shape index (κ1) is 20.7. The molecule has 2 N–H and O–H groups in total. The second-order valence-corrected chi connectivity index (χ2v) is 6.59. The molecule has 0 radical (unpaired) electrons. The Hall–Kier alpha value is -3.98. The van der Waals surface area contributed by atoms with Gasteiger partial charge in [0.15, 0.2) is 0 Å². The van der Waals surface area contributed by atoms with Gasteiger partial charge in [-0.2, -0.15) is 5.26 Å². The smallest absolute Gasteiger partial charge is 0.240 e. The fourth-order valence-corrected chi connectivity index (χ4v) is 3.01. The van der Waals surface area contributed by atoms with Crippen molar-refractivity contribution >= 4 is 11.6 Å². The van der Waals surface area contributed by atoms with Crippen LogP contribution in [0.3, 0.4) is 0 Å². The molecule has 3 aromatic carbocycles. The summed E-state index contributed by atoms with van der Waals surface area (Å²) in [4.78, 5) is 12.7. The third-order valence-corrected chi connectivity index (χ3v) is 4.67. The number of nitrogens with zero attached hydrogens (tertiary/aromatic N) is 1. The van der Waals surface area contributed by atoms with Gasteiger partial charge < -0.3 is 20.1 Å². The second kappa shape index (κ2) is 9.99. The Bertz CT molecular complexity index is 960. The highest BCUT2D eigenvalue weighted by Gasteiger charge is 2.17. The quantitative estimate of drug-likeness (QED) is 0.598. The maximum absolute atomic E-state index is 12.7. The number of carbonyl (C=O) groups is 1. The number of rotatable bonds is 8. The zero-order valence-corrected chi connectivity index (χ0v) is 16.9. The van der Waals surface area contributed by atoms with E-state index < -0.39 is 0 Å². The molecule has 0 saturated heterocycles. The van der Waals surface area contributed by atoms with Crippen LogP contribution in [0.25, 0.3) is 0 Å². The monoisotopic (exact) mass is 401 g/mol. The lowest BCUT2D eigenvalue weighted by molar-refractivity contribution is -0.119. The van der Waals surface area contributed by atoms with Gasteiger partial charge in [0.1, 0.15) is 11.5 Å². The highest BCUT2D eigenvalue weighted by Crippen LogP contribution is 2.26. The normalized spacial score (nSPS) is 10.2. The summed E-state index contributed by atoms with van der Waals surface area (Å²) < 4.78 is 10.5. The van der Waals surface area contributed by atoms with Crippen LogP contribution in [0.15, 0.2) is 72.8 Å². The molecule has 0 atom stereocenters. The Kier molecular flexibility index (Phi) is 6.91. The molecule has 0 heterocycles. The molecule has 6 nitrogen and oxygen atoms in total. The largest absolute Gasteiger partial charge is 0.497 e. The fourth-order valence-electron chi connectivity index (χ4n) is 3.01. The number of carbonyl (C=O) groups excluding carboxylic acids is 1. The molecule has 0 saturated carbocycles. The van der Waals surface area contributed by atoms with Crippen molar-refractivity contribution in [3.8, 4) is 17.6 Å². The van der Waals surface area contributed by atoms with Crippen molar-refractivity contribution in [1.82, 2.24) is 5.32 Å². The highest BCUT2D eigenvalue weighted by molar-refractivity contribution is 5.81. The standard InChI is InChI=1S/C24H23N3O3/c1-29-21-11-5-18(6-12-21)24(19-7-13-22(30-2)14-8-19)27-23(28)16-26-20-9-3-17(15-25)4-10-20/h3-14,24,26H,16H2,1-2H3,(H,27,28). The van der Waals surface area contributed by atoms with Gasteiger partial charge in [0.2, 0.25) is 5.91 Å². The molecule has 0 fully saturated rings. The number of hydrogen-bond donors (Lipinski definition) is 2. The Balaban J connectivity index is 1.74. The van der Waals surface area contributed by atoms with E-state index in [0.29, 0.717) is 5.56 Å². The molecule has 0 aliphatic carbocycles. The molecule has 0 aliphatic heterocycles. The number of hydrogen-bond acceptors (Lipinski definition) is 5. The van der Waals surface area contributed by atoms with Crippen molar-refractivity contribution in [1.29, 1.82) is 5.26 Å². The zero-order chi connectivity index (χ0) is 21.3. The molecule has 0 spiro atoms. The van der Waals surface area contributed by atoms with Gasteiger partial charge in [-0.15, -0.1) is 0 Å². The fraction of sp³-hybridized carbons (Fsp3) is 0.167. The summed E-state index contributed by atoms with van der Waals surface area (Å²) in [6.45, 7) is 0.106. The summed E-state index contributed by atoms with van der Waals surface area (Å²) in [7, 11) is 3.24. The van der Waals surface area contributed by atoms with E-state index in [4.69, 9.17) is 14.7 Å². The van der Waals surface area contributed by atoms with Crippen molar-refractivity contribution in [2.24, 2.45) is 0 Å². The van der Waals surface area contributed by atoms with Gasteiger partial charge in [-0.3, -0.25) is 4.79 Å². The predicted molar refractivity (Wildman–Crippen MR) is 116 cm³/mol. The van der Waals surface area contributed by atoms with Crippen LogP contribution in [-0.2, 0) is 4.79 Å². The average Bonchev–Trinajstić information content (AvgIpc) is 2.81. The lowest BCUT2D eigenvalue weighted by atomic mass is 9.98. The van der Waals surface area contributed by atoms with Crippen LogP contribution in [0, 0.1) is 11.3 Å². The SMILES string of the molecule is COc1ccc(C(NC(=O)CNc2ccc(C#N)cc2)c2ccc(OC)cc2)cc1. The van der Waals surface area contributed by atoms with Crippen molar-refractivity contribution in [2.45, 2.75) is 6.04 Å². The lowest BCUT2D eigenvalue weighted by Crippen LogP contribution is -2.34. The molecule has 0 aliphatic rings. The molecule has 6 heteroatoms. The summed E-state index contributed by atoms with van der Waals surface area (Å²) in [6.07, 6.45) is 0. The number of anilines is 1. The Morgan fingerprint density at radius 3 is 1.80 bits per heavy atom. The van der Waals surface area contributed by atoms with Gasteiger partial charge in [0, 0.05) is 5.69 Å². The van der Waals surface area contributed by atoms with Crippen molar-refractivity contribution in [3.05, 3.63) is 89.5 Å². The Labute approximate surface area is 176 Å². The number of methoxy groups -OCH3 is 2. The highest BCUT2D eigenvalue weighted by atomic mass is 16.5. The number of benzene rings is 3. The van der Waals surface area contributed by atoms with E-state index in [9.17, 15) is 4.79 Å². The number of nitriles is 1. The van der Waals surface area contributed by atoms with Crippen LogP contribution in [0.2, 0.25) is 0 Å². The number of amides is 1. The summed E-state index contributed by atoms with van der Waals surface area (Å²) in [5.41, 5.74) is 3.22.